The van der Waals surface area contributed by atoms with E-state index in [1.165, 1.54) is 0 Å². The van der Waals surface area contributed by atoms with Crippen molar-refractivity contribution in [3.05, 3.63) is 30.1 Å². The highest BCUT2D eigenvalue weighted by atomic mass is 127. The summed E-state index contributed by atoms with van der Waals surface area (Å²) < 4.78 is 0. The molecule has 0 saturated carbocycles. The summed E-state index contributed by atoms with van der Waals surface area (Å²) in [5.41, 5.74) is 6.79. The topological polar surface area (TPSA) is 83.6 Å². The third-order valence-corrected chi connectivity index (χ3v) is 3.48. The molecule has 1 aliphatic rings. The minimum atomic E-state index is 0. The molecule has 1 aromatic rings. The zero-order valence-electron chi connectivity index (χ0n) is 12.7. The number of aromatic nitrogens is 1. The number of aliphatic imine (C=N–C) groups is 1. The number of carbonyl (C=O) groups excluding carboxylic acids is 1. The fourth-order valence-electron chi connectivity index (χ4n) is 2.32. The van der Waals surface area contributed by atoms with E-state index in [4.69, 9.17) is 5.73 Å². The van der Waals surface area contributed by atoms with Gasteiger partial charge in [-0.25, -0.2) is 0 Å². The molecule has 1 aromatic heterocycles. The zero-order valence-corrected chi connectivity index (χ0v) is 15.0. The van der Waals surface area contributed by atoms with Crippen LogP contribution >= 0.6 is 24.0 Å². The Morgan fingerprint density at radius 3 is 2.82 bits per heavy atom. The van der Waals surface area contributed by atoms with Gasteiger partial charge in [-0.15, -0.1) is 24.0 Å². The average molecular weight is 417 g/mol. The van der Waals surface area contributed by atoms with Crippen molar-refractivity contribution >= 4 is 35.8 Å². The molecule has 122 valence electrons. The van der Waals surface area contributed by atoms with Crippen LogP contribution in [0.15, 0.2) is 29.4 Å². The number of halogens is 1. The van der Waals surface area contributed by atoms with Gasteiger partial charge < -0.3 is 16.0 Å². The molecule has 1 aliphatic heterocycles. The van der Waals surface area contributed by atoms with Crippen molar-refractivity contribution in [3.8, 4) is 0 Å². The molecule has 0 aliphatic carbocycles. The predicted octanol–water partition coefficient (Wildman–Crippen LogP) is 1.16. The van der Waals surface area contributed by atoms with Gasteiger partial charge in [0.25, 0.3) is 0 Å². The smallest absolute Gasteiger partial charge is 0.224 e. The molecule has 6 nitrogen and oxygen atoms in total. The number of likely N-dealkylation sites (tertiary alicyclic amines) is 1. The maximum absolute atomic E-state index is 11.8. The van der Waals surface area contributed by atoms with Gasteiger partial charge in [-0.05, 0) is 25.0 Å². The lowest BCUT2D eigenvalue weighted by Crippen LogP contribution is -2.34. The lowest BCUT2D eigenvalue weighted by molar-refractivity contribution is -0.129. The largest absolute Gasteiger partial charge is 0.370 e. The number of rotatable bonds is 6. The highest BCUT2D eigenvalue weighted by Crippen LogP contribution is 2.08. The predicted molar refractivity (Wildman–Crippen MR) is 98.3 cm³/mol. The van der Waals surface area contributed by atoms with Crippen molar-refractivity contribution in [1.29, 1.82) is 0 Å². The van der Waals surface area contributed by atoms with E-state index < -0.39 is 0 Å². The molecule has 2 heterocycles. The second-order valence-corrected chi connectivity index (χ2v) is 5.10. The monoisotopic (exact) mass is 417 g/mol. The molecule has 2 rings (SSSR count). The minimum Gasteiger partial charge on any atom is -0.370 e. The van der Waals surface area contributed by atoms with E-state index in [9.17, 15) is 4.79 Å². The molecule has 1 saturated heterocycles. The van der Waals surface area contributed by atoms with Gasteiger partial charge in [0.15, 0.2) is 5.96 Å². The maximum atomic E-state index is 11.8. The van der Waals surface area contributed by atoms with Crippen LogP contribution in [0.5, 0.6) is 0 Å². The number of amides is 1. The summed E-state index contributed by atoms with van der Waals surface area (Å²) in [6.07, 6.45) is 5.24. The lowest BCUT2D eigenvalue weighted by atomic mass is 10.3. The Labute approximate surface area is 148 Å². The Morgan fingerprint density at radius 2 is 2.14 bits per heavy atom. The highest BCUT2D eigenvalue weighted by molar-refractivity contribution is 14.0. The highest BCUT2D eigenvalue weighted by Gasteiger charge is 2.16. The van der Waals surface area contributed by atoms with E-state index in [0.717, 1.165) is 38.0 Å². The van der Waals surface area contributed by atoms with Gasteiger partial charge >= 0.3 is 0 Å². The van der Waals surface area contributed by atoms with Crippen molar-refractivity contribution in [2.24, 2.45) is 10.7 Å². The van der Waals surface area contributed by atoms with E-state index in [1.807, 2.05) is 23.1 Å². The molecule has 0 bridgehead atoms. The molecule has 1 amide bonds. The molecule has 22 heavy (non-hydrogen) atoms. The summed E-state index contributed by atoms with van der Waals surface area (Å²) in [4.78, 5) is 22.1. The Bertz CT molecular complexity index is 474. The van der Waals surface area contributed by atoms with Crippen LogP contribution in [-0.2, 0) is 11.2 Å². The van der Waals surface area contributed by atoms with E-state index >= 15 is 0 Å². The van der Waals surface area contributed by atoms with Crippen molar-refractivity contribution in [2.45, 2.75) is 25.7 Å². The standard InChI is InChI=1S/C15H23N5O.HI/c16-15(18-9-6-13-5-1-2-8-17-13)19-10-7-14(21)20-11-3-4-12-20;/h1-2,5,8H,3-4,6-7,9-12H2,(H3,16,18,19);1H. The molecule has 0 spiro atoms. The first-order valence-corrected chi connectivity index (χ1v) is 7.47. The number of nitrogens with two attached hydrogens (primary N) is 1. The van der Waals surface area contributed by atoms with Crippen molar-refractivity contribution in [3.63, 3.8) is 0 Å². The summed E-state index contributed by atoms with van der Waals surface area (Å²) in [6.45, 7) is 2.91. The minimum absolute atomic E-state index is 0. The van der Waals surface area contributed by atoms with Crippen molar-refractivity contribution in [1.82, 2.24) is 15.2 Å². The first-order chi connectivity index (χ1) is 10.3. The molecular formula is C15H24IN5O. The van der Waals surface area contributed by atoms with Crippen LogP contribution in [0.3, 0.4) is 0 Å². The number of nitrogens with zero attached hydrogens (tertiary/aromatic N) is 3. The molecule has 3 N–H and O–H groups in total. The van der Waals surface area contributed by atoms with E-state index in [0.29, 0.717) is 25.5 Å². The van der Waals surface area contributed by atoms with Crippen LogP contribution < -0.4 is 11.1 Å². The van der Waals surface area contributed by atoms with Crippen LogP contribution in [-0.4, -0.2) is 47.9 Å². The van der Waals surface area contributed by atoms with Gasteiger partial charge in [0.2, 0.25) is 5.91 Å². The van der Waals surface area contributed by atoms with Crippen molar-refractivity contribution < 1.29 is 4.79 Å². The van der Waals surface area contributed by atoms with Crippen LogP contribution in [0, 0.1) is 0 Å². The third-order valence-electron chi connectivity index (χ3n) is 3.48. The quantitative estimate of drug-likeness (QED) is 0.414. The van der Waals surface area contributed by atoms with E-state index in [1.54, 1.807) is 6.20 Å². The summed E-state index contributed by atoms with van der Waals surface area (Å²) in [5, 5.41) is 3.04. The second kappa shape index (κ2) is 10.4. The fraction of sp³-hybridized carbons (Fsp3) is 0.533. The van der Waals surface area contributed by atoms with Gasteiger partial charge in [0, 0.05) is 44.4 Å². The molecule has 0 radical (unpaired) electrons. The molecule has 0 atom stereocenters. The number of hydrogen-bond acceptors (Lipinski definition) is 3. The Hall–Kier alpha value is -1.38. The SMILES string of the molecule is I.NC(=NCCC(=O)N1CCCC1)NCCc1ccccn1. The van der Waals surface area contributed by atoms with Gasteiger partial charge in [-0.1, -0.05) is 6.07 Å². The molecule has 0 unspecified atom stereocenters. The summed E-state index contributed by atoms with van der Waals surface area (Å²) in [7, 11) is 0. The number of guanidine groups is 1. The third kappa shape index (κ3) is 6.59. The lowest BCUT2D eigenvalue weighted by Gasteiger charge is -2.14. The first-order valence-electron chi connectivity index (χ1n) is 7.47. The van der Waals surface area contributed by atoms with E-state index in [2.05, 4.69) is 15.3 Å². The van der Waals surface area contributed by atoms with Crippen molar-refractivity contribution in [2.75, 3.05) is 26.2 Å². The van der Waals surface area contributed by atoms with Crippen LogP contribution in [0.25, 0.3) is 0 Å². The van der Waals surface area contributed by atoms with Crippen LogP contribution in [0.1, 0.15) is 25.0 Å². The Kier molecular flexibility index (Phi) is 8.79. The fourth-order valence-corrected chi connectivity index (χ4v) is 2.32. The number of carbonyl (C=O) groups is 1. The Morgan fingerprint density at radius 1 is 1.36 bits per heavy atom. The normalized spacial score (nSPS) is 14.5. The molecule has 0 aromatic carbocycles. The number of pyridine rings is 1. The Balaban J connectivity index is 0.00000242. The van der Waals surface area contributed by atoms with Gasteiger partial charge in [0.1, 0.15) is 0 Å². The van der Waals surface area contributed by atoms with Crippen LogP contribution in [0.4, 0.5) is 0 Å². The van der Waals surface area contributed by atoms with E-state index in [-0.39, 0.29) is 29.9 Å². The molecular weight excluding hydrogens is 393 g/mol. The first kappa shape index (κ1) is 18.7. The molecule has 1 fully saturated rings. The number of hydrogen-bond donors (Lipinski definition) is 2. The second-order valence-electron chi connectivity index (χ2n) is 5.10. The van der Waals surface area contributed by atoms with Gasteiger partial charge in [-0.3, -0.25) is 14.8 Å². The summed E-state index contributed by atoms with van der Waals surface area (Å²) in [6, 6.07) is 5.83. The van der Waals surface area contributed by atoms with Crippen LogP contribution in [0.2, 0.25) is 0 Å². The summed E-state index contributed by atoms with van der Waals surface area (Å²) >= 11 is 0. The zero-order chi connectivity index (χ0) is 14.9. The maximum Gasteiger partial charge on any atom is 0.224 e. The summed E-state index contributed by atoms with van der Waals surface area (Å²) in [5.74, 6) is 0.567. The average Bonchev–Trinajstić information content (AvgIpc) is 3.02. The van der Waals surface area contributed by atoms with Gasteiger partial charge in [-0.2, -0.15) is 0 Å². The molecule has 7 heteroatoms. The van der Waals surface area contributed by atoms with Gasteiger partial charge in [0.05, 0.1) is 6.54 Å². The number of nitrogens with one attached hydrogen (secondary N) is 1.